The molecule has 0 bridgehead atoms. The zero-order valence-corrected chi connectivity index (χ0v) is 13.9. The monoisotopic (exact) mass is 333 g/mol. The number of aliphatic carboxylic acids is 1. The second-order valence-electron chi connectivity index (χ2n) is 6.78. The topological polar surface area (TPSA) is 76.1 Å². The Bertz CT molecular complexity index is 626. The third-order valence-electron chi connectivity index (χ3n) is 4.84. The van der Waals surface area contributed by atoms with Crippen LogP contribution in [0.1, 0.15) is 36.5 Å². The van der Waals surface area contributed by atoms with Crippen LogP contribution in [-0.4, -0.2) is 54.3 Å². The van der Waals surface area contributed by atoms with Gasteiger partial charge in [0.1, 0.15) is 12.4 Å². The summed E-state index contributed by atoms with van der Waals surface area (Å²) in [6.45, 7) is 3.54. The fourth-order valence-electron chi connectivity index (χ4n) is 3.21. The van der Waals surface area contributed by atoms with Crippen molar-refractivity contribution in [1.82, 2.24) is 4.90 Å². The van der Waals surface area contributed by atoms with Gasteiger partial charge in [-0.3, -0.25) is 9.59 Å². The summed E-state index contributed by atoms with van der Waals surface area (Å²) in [6, 6.07) is 7.11. The number of nitrogens with zero attached hydrogens (tertiary/aromatic N) is 1. The maximum atomic E-state index is 12.8. The molecule has 2 saturated heterocycles. The molecular formula is C18H23NO5. The first-order valence-electron chi connectivity index (χ1n) is 8.36. The lowest BCUT2D eigenvalue weighted by Gasteiger charge is -2.21. The Morgan fingerprint density at radius 2 is 2.21 bits per heavy atom. The fourth-order valence-corrected chi connectivity index (χ4v) is 3.21. The highest BCUT2D eigenvalue weighted by Gasteiger charge is 2.42. The van der Waals surface area contributed by atoms with E-state index >= 15 is 0 Å². The molecule has 0 saturated carbocycles. The van der Waals surface area contributed by atoms with Crippen LogP contribution in [0.5, 0.6) is 5.75 Å². The molecule has 2 fully saturated rings. The zero-order valence-electron chi connectivity index (χ0n) is 13.9. The first-order chi connectivity index (χ1) is 11.5. The van der Waals surface area contributed by atoms with E-state index < -0.39 is 11.4 Å². The summed E-state index contributed by atoms with van der Waals surface area (Å²) in [4.78, 5) is 25.8. The number of rotatable bonds is 5. The van der Waals surface area contributed by atoms with Gasteiger partial charge in [-0.25, -0.2) is 0 Å². The third-order valence-corrected chi connectivity index (χ3v) is 4.84. The molecule has 2 atom stereocenters. The molecule has 1 aromatic rings. The van der Waals surface area contributed by atoms with E-state index in [1.165, 1.54) is 0 Å². The predicted molar refractivity (Wildman–Crippen MR) is 87.2 cm³/mol. The minimum atomic E-state index is -0.872. The van der Waals surface area contributed by atoms with Gasteiger partial charge in [-0.05, 0) is 38.3 Å². The SMILES string of the molecule is C[C@]1(C(=O)O)CCN(C(=O)c2ccccc2OC[C@H]2CCCO2)C1. The summed E-state index contributed by atoms with van der Waals surface area (Å²) in [5.41, 5.74) is -0.395. The molecule has 1 amide bonds. The van der Waals surface area contributed by atoms with Crippen molar-refractivity contribution < 1.29 is 24.2 Å². The second kappa shape index (κ2) is 6.81. The van der Waals surface area contributed by atoms with Crippen LogP contribution in [0.2, 0.25) is 0 Å². The summed E-state index contributed by atoms with van der Waals surface area (Å²) in [5, 5.41) is 9.33. The summed E-state index contributed by atoms with van der Waals surface area (Å²) >= 11 is 0. The van der Waals surface area contributed by atoms with Crippen molar-refractivity contribution in [1.29, 1.82) is 0 Å². The maximum Gasteiger partial charge on any atom is 0.311 e. The van der Waals surface area contributed by atoms with Gasteiger partial charge in [-0.1, -0.05) is 12.1 Å². The number of carbonyl (C=O) groups excluding carboxylic acids is 1. The van der Waals surface area contributed by atoms with Crippen LogP contribution in [0.15, 0.2) is 24.3 Å². The van der Waals surface area contributed by atoms with Crippen LogP contribution in [0.4, 0.5) is 0 Å². The Kier molecular flexibility index (Phi) is 4.76. The first-order valence-corrected chi connectivity index (χ1v) is 8.36. The van der Waals surface area contributed by atoms with E-state index in [4.69, 9.17) is 9.47 Å². The van der Waals surface area contributed by atoms with E-state index in [-0.39, 0.29) is 18.6 Å². The van der Waals surface area contributed by atoms with E-state index in [2.05, 4.69) is 0 Å². The fraction of sp³-hybridized carbons (Fsp3) is 0.556. The first kappa shape index (κ1) is 16.8. The molecule has 6 heteroatoms. The quantitative estimate of drug-likeness (QED) is 0.894. The molecule has 0 radical (unpaired) electrons. The van der Waals surface area contributed by atoms with Gasteiger partial charge in [0.05, 0.1) is 17.1 Å². The number of carboxylic acid groups (broad SMARTS) is 1. The smallest absolute Gasteiger partial charge is 0.311 e. The number of hydrogen-bond donors (Lipinski definition) is 1. The maximum absolute atomic E-state index is 12.8. The third kappa shape index (κ3) is 3.38. The average Bonchev–Trinajstić information content (AvgIpc) is 3.23. The molecule has 2 heterocycles. The number of ether oxygens (including phenoxy) is 2. The van der Waals surface area contributed by atoms with Gasteiger partial charge in [0.15, 0.2) is 0 Å². The van der Waals surface area contributed by atoms with Gasteiger partial charge < -0.3 is 19.5 Å². The molecular weight excluding hydrogens is 310 g/mol. The van der Waals surface area contributed by atoms with Crippen molar-refractivity contribution in [3.05, 3.63) is 29.8 Å². The van der Waals surface area contributed by atoms with Crippen molar-refractivity contribution in [3.63, 3.8) is 0 Å². The van der Waals surface area contributed by atoms with Crippen LogP contribution in [0.25, 0.3) is 0 Å². The van der Waals surface area contributed by atoms with Gasteiger partial charge in [0, 0.05) is 19.7 Å². The molecule has 1 aromatic carbocycles. The minimum absolute atomic E-state index is 0.0789. The molecule has 6 nitrogen and oxygen atoms in total. The van der Waals surface area contributed by atoms with Gasteiger partial charge >= 0.3 is 5.97 Å². The van der Waals surface area contributed by atoms with Crippen molar-refractivity contribution >= 4 is 11.9 Å². The summed E-state index contributed by atoms with van der Waals surface area (Å²) < 4.78 is 11.4. The second-order valence-corrected chi connectivity index (χ2v) is 6.78. The average molecular weight is 333 g/mol. The molecule has 1 N–H and O–H groups in total. The number of amides is 1. The zero-order chi connectivity index (χ0) is 17.2. The number of carboxylic acids is 1. The summed E-state index contributed by atoms with van der Waals surface area (Å²) in [5.74, 6) is -0.509. The molecule has 0 aliphatic carbocycles. The van der Waals surface area contributed by atoms with Crippen LogP contribution >= 0.6 is 0 Å². The Hall–Kier alpha value is -2.08. The number of para-hydroxylation sites is 1. The van der Waals surface area contributed by atoms with Crippen molar-refractivity contribution in [2.45, 2.75) is 32.3 Å². The van der Waals surface area contributed by atoms with E-state index in [9.17, 15) is 14.7 Å². The Balaban J connectivity index is 1.70. The highest BCUT2D eigenvalue weighted by Crippen LogP contribution is 2.32. The lowest BCUT2D eigenvalue weighted by molar-refractivity contribution is -0.147. The predicted octanol–water partition coefficient (Wildman–Crippen LogP) is 2.18. The lowest BCUT2D eigenvalue weighted by Crippen LogP contribution is -2.35. The lowest BCUT2D eigenvalue weighted by atomic mass is 9.90. The summed E-state index contributed by atoms with van der Waals surface area (Å²) in [7, 11) is 0. The minimum Gasteiger partial charge on any atom is -0.490 e. The van der Waals surface area contributed by atoms with Gasteiger partial charge in [-0.15, -0.1) is 0 Å². The van der Waals surface area contributed by atoms with Gasteiger partial charge in [0.25, 0.3) is 5.91 Å². The molecule has 0 aromatic heterocycles. The van der Waals surface area contributed by atoms with Crippen molar-refractivity contribution in [2.75, 3.05) is 26.3 Å². The highest BCUT2D eigenvalue weighted by molar-refractivity contribution is 5.97. The molecule has 2 aliphatic rings. The van der Waals surface area contributed by atoms with Crippen LogP contribution < -0.4 is 4.74 Å². The Morgan fingerprint density at radius 3 is 2.88 bits per heavy atom. The number of carbonyl (C=O) groups is 2. The molecule has 0 unspecified atom stereocenters. The van der Waals surface area contributed by atoms with E-state index in [0.717, 1.165) is 19.4 Å². The number of benzene rings is 1. The van der Waals surface area contributed by atoms with Gasteiger partial charge in [-0.2, -0.15) is 0 Å². The number of likely N-dealkylation sites (tertiary alicyclic amines) is 1. The van der Waals surface area contributed by atoms with Gasteiger partial charge in [0.2, 0.25) is 0 Å². The highest BCUT2D eigenvalue weighted by atomic mass is 16.5. The molecule has 0 spiro atoms. The van der Waals surface area contributed by atoms with E-state index in [1.807, 2.05) is 6.07 Å². The molecule has 24 heavy (non-hydrogen) atoms. The Labute approximate surface area is 141 Å². The van der Waals surface area contributed by atoms with E-state index in [0.29, 0.717) is 30.9 Å². The molecule has 130 valence electrons. The summed E-state index contributed by atoms with van der Waals surface area (Å²) in [6.07, 6.45) is 2.55. The van der Waals surface area contributed by atoms with Crippen LogP contribution in [-0.2, 0) is 9.53 Å². The van der Waals surface area contributed by atoms with Crippen molar-refractivity contribution in [3.8, 4) is 5.75 Å². The van der Waals surface area contributed by atoms with E-state index in [1.54, 1.807) is 30.0 Å². The standard InChI is InChI=1S/C18H23NO5/c1-18(17(21)22)8-9-19(12-18)16(20)14-6-2-3-7-15(14)24-11-13-5-4-10-23-13/h2-3,6-7,13H,4-5,8-12H2,1H3,(H,21,22)/t13-,18+/m1/s1. The largest absolute Gasteiger partial charge is 0.490 e. The number of hydrogen-bond acceptors (Lipinski definition) is 4. The molecule has 2 aliphatic heterocycles. The van der Waals surface area contributed by atoms with Crippen LogP contribution in [0.3, 0.4) is 0 Å². The molecule has 3 rings (SSSR count). The normalized spacial score (nSPS) is 26.5. The Morgan fingerprint density at radius 1 is 1.42 bits per heavy atom. The van der Waals surface area contributed by atoms with Crippen molar-refractivity contribution in [2.24, 2.45) is 5.41 Å². The van der Waals surface area contributed by atoms with Crippen LogP contribution in [0, 0.1) is 5.41 Å².